The fraction of sp³-hybridized carbons (Fsp3) is 0.250. The molecule has 0 amide bonds. The SMILES string of the molecule is C#CC(O)Cc1ncccn1. The first-order valence-corrected chi connectivity index (χ1v) is 3.23. The maximum absolute atomic E-state index is 9.00. The monoisotopic (exact) mass is 148 g/mol. The Morgan fingerprint density at radius 2 is 2.18 bits per heavy atom. The summed E-state index contributed by atoms with van der Waals surface area (Å²) in [6.07, 6.45) is 7.73. The lowest BCUT2D eigenvalue weighted by Gasteiger charge is -1.99. The molecule has 0 bridgehead atoms. The van der Waals surface area contributed by atoms with E-state index in [1.165, 1.54) is 0 Å². The highest BCUT2D eigenvalue weighted by Gasteiger charge is 2.01. The summed E-state index contributed by atoms with van der Waals surface area (Å²) in [6, 6.07) is 1.71. The lowest BCUT2D eigenvalue weighted by molar-refractivity contribution is 0.230. The Labute approximate surface area is 65.1 Å². The van der Waals surface area contributed by atoms with Gasteiger partial charge in [-0.05, 0) is 6.07 Å². The van der Waals surface area contributed by atoms with Gasteiger partial charge in [0.1, 0.15) is 11.9 Å². The van der Waals surface area contributed by atoms with Crippen LogP contribution in [0.15, 0.2) is 18.5 Å². The fourth-order valence-corrected chi connectivity index (χ4v) is 0.667. The summed E-state index contributed by atoms with van der Waals surface area (Å²) in [4.78, 5) is 7.80. The molecule has 0 aliphatic heterocycles. The zero-order chi connectivity index (χ0) is 8.10. The summed E-state index contributed by atoms with van der Waals surface area (Å²) in [5, 5.41) is 9.00. The number of aliphatic hydroxyl groups excluding tert-OH is 1. The van der Waals surface area contributed by atoms with Crippen molar-refractivity contribution in [2.24, 2.45) is 0 Å². The van der Waals surface area contributed by atoms with Crippen molar-refractivity contribution in [3.63, 3.8) is 0 Å². The van der Waals surface area contributed by atoms with Crippen molar-refractivity contribution in [3.05, 3.63) is 24.3 Å². The summed E-state index contributed by atoms with van der Waals surface area (Å²) in [5.74, 6) is 2.76. The minimum absolute atomic E-state index is 0.317. The van der Waals surface area contributed by atoms with E-state index in [2.05, 4.69) is 15.9 Å². The quantitative estimate of drug-likeness (QED) is 0.601. The third kappa shape index (κ3) is 2.36. The highest BCUT2D eigenvalue weighted by molar-refractivity contribution is 5.00. The van der Waals surface area contributed by atoms with Gasteiger partial charge in [0.05, 0.1) is 0 Å². The van der Waals surface area contributed by atoms with Crippen LogP contribution in [0.1, 0.15) is 5.82 Å². The van der Waals surface area contributed by atoms with E-state index < -0.39 is 6.10 Å². The van der Waals surface area contributed by atoms with Crippen LogP contribution in [-0.2, 0) is 6.42 Å². The summed E-state index contributed by atoms with van der Waals surface area (Å²) in [5.41, 5.74) is 0. The third-order valence-corrected chi connectivity index (χ3v) is 1.19. The van der Waals surface area contributed by atoms with Gasteiger partial charge in [-0.1, -0.05) is 5.92 Å². The van der Waals surface area contributed by atoms with Gasteiger partial charge in [-0.15, -0.1) is 6.42 Å². The van der Waals surface area contributed by atoms with E-state index in [1.54, 1.807) is 18.5 Å². The summed E-state index contributed by atoms with van der Waals surface area (Å²) in [6.45, 7) is 0. The van der Waals surface area contributed by atoms with E-state index in [0.717, 1.165) is 0 Å². The number of nitrogens with zero attached hydrogens (tertiary/aromatic N) is 2. The molecular formula is C8H8N2O. The normalized spacial score (nSPS) is 12.0. The molecule has 0 aliphatic rings. The lowest BCUT2D eigenvalue weighted by atomic mass is 10.2. The first-order valence-electron chi connectivity index (χ1n) is 3.23. The number of rotatable bonds is 2. The van der Waals surface area contributed by atoms with Crippen molar-refractivity contribution in [2.45, 2.75) is 12.5 Å². The second-order valence-electron chi connectivity index (χ2n) is 2.05. The van der Waals surface area contributed by atoms with Gasteiger partial charge >= 0.3 is 0 Å². The first-order chi connectivity index (χ1) is 5.33. The van der Waals surface area contributed by atoms with Crippen LogP contribution in [0.5, 0.6) is 0 Å². The van der Waals surface area contributed by atoms with E-state index in [-0.39, 0.29) is 0 Å². The van der Waals surface area contributed by atoms with E-state index in [0.29, 0.717) is 12.2 Å². The number of hydrogen-bond donors (Lipinski definition) is 1. The molecule has 1 unspecified atom stereocenters. The summed E-state index contributed by atoms with van der Waals surface area (Å²) in [7, 11) is 0. The molecule has 1 aromatic heterocycles. The van der Waals surface area contributed by atoms with Crippen LogP contribution in [0, 0.1) is 12.3 Å². The topological polar surface area (TPSA) is 46.0 Å². The molecule has 0 radical (unpaired) electrons. The molecule has 0 aromatic carbocycles. The van der Waals surface area contributed by atoms with Crippen LogP contribution < -0.4 is 0 Å². The lowest BCUT2D eigenvalue weighted by Crippen LogP contribution is -2.09. The number of aliphatic hydroxyl groups is 1. The molecule has 1 rings (SSSR count). The average Bonchev–Trinajstić information content (AvgIpc) is 2.06. The molecule has 0 spiro atoms. The van der Waals surface area contributed by atoms with Crippen molar-refractivity contribution in [3.8, 4) is 12.3 Å². The van der Waals surface area contributed by atoms with Gasteiger partial charge in [0, 0.05) is 18.8 Å². The van der Waals surface area contributed by atoms with Crippen LogP contribution in [0.25, 0.3) is 0 Å². The van der Waals surface area contributed by atoms with Gasteiger partial charge in [-0.2, -0.15) is 0 Å². The van der Waals surface area contributed by atoms with Crippen LogP contribution in [0.4, 0.5) is 0 Å². The molecule has 0 fully saturated rings. The third-order valence-electron chi connectivity index (χ3n) is 1.19. The zero-order valence-electron chi connectivity index (χ0n) is 5.94. The smallest absolute Gasteiger partial charge is 0.131 e. The van der Waals surface area contributed by atoms with Gasteiger partial charge in [-0.3, -0.25) is 0 Å². The molecule has 3 heteroatoms. The van der Waals surface area contributed by atoms with E-state index in [9.17, 15) is 0 Å². The fourth-order valence-electron chi connectivity index (χ4n) is 0.667. The minimum atomic E-state index is -0.780. The average molecular weight is 148 g/mol. The van der Waals surface area contributed by atoms with E-state index in [4.69, 9.17) is 11.5 Å². The Balaban J connectivity index is 2.60. The van der Waals surface area contributed by atoms with Crippen LogP contribution in [0.3, 0.4) is 0 Å². The Morgan fingerprint density at radius 3 is 2.73 bits per heavy atom. The van der Waals surface area contributed by atoms with Gasteiger partial charge in [0.25, 0.3) is 0 Å². The minimum Gasteiger partial charge on any atom is -0.380 e. The van der Waals surface area contributed by atoms with Crippen LogP contribution in [-0.4, -0.2) is 21.2 Å². The Kier molecular flexibility index (Phi) is 2.59. The number of aromatic nitrogens is 2. The van der Waals surface area contributed by atoms with Gasteiger partial charge < -0.3 is 5.11 Å². The molecule has 0 aliphatic carbocycles. The van der Waals surface area contributed by atoms with E-state index in [1.807, 2.05) is 0 Å². The Bertz CT molecular complexity index is 253. The number of terminal acetylenes is 1. The Morgan fingerprint density at radius 1 is 1.55 bits per heavy atom. The molecule has 1 aromatic rings. The first kappa shape index (κ1) is 7.70. The molecule has 3 nitrogen and oxygen atoms in total. The zero-order valence-corrected chi connectivity index (χ0v) is 5.94. The second kappa shape index (κ2) is 3.69. The molecule has 1 heterocycles. The number of hydrogen-bond acceptors (Lipinski definition) is 3. The molecule has 0 saturated heterocycles. The maximum atomic E-state index is 9.00. The predicted molar refractivity (Wildman–Crippen MR) is 40.6 cm³/mol. The second-order valence-corrected chi connectivity index (χ2v) is 2.05. The maximum Gasteiger partial charge on any atom is 0.131 e. The van der Waals surface area contributed by atoms with Crippen molar-refractivity contribution < 1.29 is 5.11 Å². The molecule has 1 N–H and O–H groups in total. The van der Waals surface area contributed by atoms with E-state index >= 15 is 0 Å². The summed E-state index contributed by atoms with van der Waals surface area (Å²) < 4.78 is 0. The van der Waals surface area contributed by atoms with Crippen LogP contribution in [0.2, 0.25) is 0 Å². The summed E-state index contributed by atoms with van der Waals surface area (Å²) >= 11 is 0. The van der Waals surface area contributed by atoms with Crippen molar-refractivity contribution in [2.75, 3.05) is 0 Å². The van der Waals surface area contributed by atoms with Crippen molar-refractivity contribution in [1.82, 2.24) is 9.97 Å². The van der Waals surface area contributed by atoms with Gasteiger partial charge in [0.2, 0.25) is 0 Å². The van der Waals surface area contributed by atoms with Crippen molar-refractivity contribution in [1.29, 1.82) is 0 Å². The molecule has 56 valence electrons. The van der Waals surface area contributed by atoms with Gasteiger partial charge in [-0.25, -0.2) is 9.97 Å². The van der Waals surface area contributed by atoms with Crippen molar-refractivity contribution >= 4 is 0 Å². The molecule has 11 heavy (non-hydrogen) atoms. The predicted octanol–water partition coefficient (Wildman–Crippen LogP) is 0.0132. The Hall–Kier alpha value is -1.40. The largest absolute Gasteiger partial charge is 0.380 e. The molecule has 1 atom stereocenters. The standard InChI is InChI=1S/C8H8N2O/c1-2-7(11)6-8-9-4-3-5-10-8/h1,3-5,7,11H,6H2. The highest BCUT2D eigenvalue weighted by Crippen LogP contribution is 1.93. The molecular weight excluding hydrogens is 140 g/mol. The highest BCUT2D eigenvalue weighted by atomic mass is 16.3. The molecule has 0 saturated carbocycles. The van der Waals surface area contributed by atoms with Crippen LogP contribution >= 0.6 is 0 Å². The van der Waals surface area contributed by atoms with Gasteiger partial charge in [0.15, 0.2) is 0 Å².